The van der Waals surface area contributed by atoms with Gasteiger partial charge in [-0.05, 0) is 31.8 Å². The minimum Gasteiger partial charge on any atom is -0.394 e. The summed E-state index contributed by atoms with van der Waals surface area (Å²) in [7, 11) is 0. The van der Waals surface area contributed by atoms with Crippen LogP contribution in [0, 0.1) is 0 Å². The summed E-state index contributed by atoms with van der Waals surface area (Å²) in [4.78, 5) is 12.0. The molecule has 0 atom stereocenters. The van der Waals surface area contributed by atoms with Crippen LogP contribution in [0.2, 0.25) is 0 Å². The van der Waals surface area contributed by atoms with Crippen molar-refractivity contribution >= 4 is 28.3 Å². The van der Waals surface area contributed by atoms with E-state index in [2.05, 4.69) is 15.0 Å². The first-order valence-electron chi connectivity index (χ1n) is 6.54. The van der Waals surface area contributed by atoms with E-state index in [1.165, 1.54) is 11.5 Å². The third-order valence-electron chi connectivity index (χ3n) is 2.35. The molecule has 8 heteroatoms. The van der Waals surface area contributed by atoms with E-state index in [1.807, 2.05) is 13.8 Å². The number of hydrogen-bond donors (Lipinski definition) is 4. The molecule has 0 unspecified atom stereocenters. The zero-order valence-corrected chi connectivity index (χ0v) is 12.6. The molecule has 114 valence electrons. The van der Waals surface area contributed by atoms with Gasteiger partial charge in [-0.15, -0.1) is 0 Å². The van der Waals surface area contributed by atoms with Crippen LogP contribution in [0.5, 0.6) is 0 Å². The standard InChI is InChI=1S/C12H22N4O3S/c1-8(2)15-11(18)9-10(13)16-20-12(9)14-4-3-6-19-7-5-17/h8,14,17H,3-7H2,1-2H3,(H2,13,16)(H,15,18). The van der Waals surface area contributed by atoms with Crippen LogP contribution in [-0.2, 0) is 4.74 Å². The number of nitrogens with one attached hydrogen (secondary N) is 2. The minimum absolute atomic E-state index is 0.0261. The predicted octanol–water partition coefficient (Wildman–Crippen LogP) is 0.674. The van der Waals surface area contributed by atoms with E-state index >= 15 is 0 Å². The number of aromatic nitrogens is 1. The lowest BCUT2D eigenvalue weighted by molar-refractivity contribution is 0.0921. The second-order valence-electron chi connectivity index (χ2n) is 4.52. The number of carbonyl (C=O) groups is 1. The van der Waals surface area contributed by atoms with Gasteiger partial charge in [0.15, 0.2) is 5.82 Å². The van der Waals surface area contributed by atoms with Crippen LogP contribution in [0.15, 0.2) is 0 Å². The summed E-state index contributed by atoms with van der Waals surface area (Å²) in [6, 6.07) is 0.0431. The molecule has 0 bridgehead atoms. The zero-order chi connectivity index (χ0) is 15.0. The van der Waals surface area contributed by atoms with Gasteiger partial charge in [-0.25, -0.2) is 0 Å². The molecule has 0 saturated heterocycles. The van der Waals surface area contributed by atoms with Crippen molar-refractivity contribution in [2.24, 2.45) is 0 Å². The van der Waals surface area contributed by atoms with Gasteiger partial charge in [0, 0.05) is 19.2 Å². The zero-order valence-electron chi connectivity index (χ0n) is 11.8. The van der Waals surface area contributed by atoms with Crippen LogP contribution < -0.4 is 16.4 Å². The molecule has 0 aromatic carbocycles. The van der Waals surface area contributed by atoms with Gasteiger partial charge in [0.25, 0.3) is 5.91 Å². The number of rotatable bonds is 9. The Labute approximate surface area is 122 Å². The van der Waals surface area contributed by atoms with E-state index in [0.29, 0.717) is 30.3 Å². The molecule has 1 aromatic heterocycles. The number of nitrogen functional groups attached to an aromatic ring is 1. The molecule has 0 spiro atoms. The van der Waals surface area contributed by atoms with Crippen molar-refractivity contribution in [3.05, 3.63) is 5.56 Å². The van der Waals surface area contributed by atoms with E-state index < -0.39 is 0 Å². The van der Waals surface area contributed by atoms with Crippen molar-refractivity contribution < 1.29 is 14.6 Å². The quantitative estimate of drug-likeness (QED) is 0.499. The van der Waals surface area contributed by atoms with Crippen molar-refractivity contribution in [3.8, 4) is 0 Å². The molecule has 0 fully saturated rings. The first-order chi connectivity index (χ1) is 9.56. The fraction of sp³-hybridized carbons (Fsp3) is 0.667. The van der Waals surface area contributed by atoms with Gasteiger partial charge in [-0.3, -0.25) is 4.79 Å². The smallest absolute Gasteiger partial charge is 0.258 e. The largest absolute Gasteiger partial charge is 0.394 e. The average molecular weight is 302 g/mol. The molecule has 0 saturated carbocycles. The number of nitrogens with two attached hydrogens (primary N) is 1. The number of ether oxygens (including phenoxy) is 1. The lowest BCUT2D eigenvalue weighted by atomic mass is 10.2. The Morgan fingerprint density at radius 2 is 2.25 bits per heavy atom. The second kappa shape index (κ2) is 8.72. The lowest BCUT2D eigenvalue weighted by Gasteiger charge is -2.10. The van der Waals surface area contributed by atoms with Crippen molar-refractivity contribution in [2.75, 3.05) is 37.4 Å². The Kier molecular flexibility index (Phi) is 7.27. The molecule has 0 radical (unpaired) electrons. The number of hydrogen-bond acceptors (Lipinski definition) is 7. The van der Waals surface area contributed by atoms with Crippen molar-refractivity contribution in [2.45, 2.75) is 26.3 Å². The summed E-state index contributed by atoms with van der Waals surface area (Å²) < 4.78 is 9.16. The maximum atomic E-state index is 12.0. The summed E-state index contributed by atoms with van der Waals surface area (Å²) in [5.41, 5.74) is 6.14. The maximum absolute atomic E-state index is 12.0. The molecule has 1 rings (SSSR count). The predicted molar refractivity (Wildman–Crippen MR) is 80.1 cm³/mol. The van der Waals surface area contributed by atoms with Gasteiger partial charge in [-0.1, -0.05) is 0 Å². The van der Waals surface area contributed by atoms with Gasteiger partial charge in [-0.2, -0.15) is 4.37 Å². The highest BCUT2D eigenvalue weighted by atomic mass is 32.1. The van der Waals surface area contributed by atoms with E-state index in [4.69, 9.17) is 15.6 Å². The SMILES string of the molecule is CC(C)NC(=O)c1c(N)nsc1NCCCOCCO. The number of anilines is 2. The normalized spacial score (nSPS) is 10.8. The van der Waals surface area contributed by atoms with Crippen LogP contribution >= 0.6 is 11.5 Å². The van der Waals surface area contributed by atoms with Gasteiger partial charge in [0.2, 0.25) is 0 Å². The van der Waals surface area contributed by atoms with E-state index in [1.54, 1.807) is 0 Å². The van der Waals surface area contributed by atoms with Gasteiger partial charge in [0.1, 0.15) is 10.6 Å². The van der Waals surface area contributed by atoms with Crippen LogP contribution in [-0.4, -0.2) is 47.8 Å². The molecule has 0 aliphatic heterocycles. The molecule has 0 aliphatic rings. The highest BCUT2D eigenvalue weighted by molar-refractivity contribution is 7.11. The highest BCUT2D eigenvalue weighted by Gasteiger charge is 2.19. The Hall–Kier alpha value is -1.38. The van der Waals surface area contributed by atoms with Crippen molar-refractivity contribution in [3.63, 3.8) is 0 Å². The summed E-state index contributed by atoms with van der Waals surface area (Å²) >= 11 is 1.17. The molecule has 5 N–H and O–H groups in total. The Morgan fingerprint density at radius 1 is 1.50 bits per heavy atom. The Balaban J connectivity index is 2.48. The first kappa shape index (κ1) is 16.7. The summed E-state index contributed by atoms with van der Waals surface area (Å²) in [6.45, 7) is 5.34. The molecule has 1 amide bonds. The molecule has 1 heterocycles. The summed E-state index contributed by atoms with van der Waals surface area (Å²) in [5, 5.41) is 15.2. The van der Waals surface area contributed by atoms with Crippen molar-refractivity contribution in [1.82, 2.24) is 9.69 Å². The van der Waals surface area contributed by atoms with Gasteiger partial charge in [0.05, 0.1) is 13.2 Å². The van der Waals surface area contributed by atoms with E-state index in [0.717, 1.165) is 6.42 Å². The van der Waals surface area contributed by atoms with Crippen LogP contribution in [0.1, 0.15) is 30.6 Å². The number of aliphatic hydroxyl groups excluding tert-OH is 1. The number of nitrogens with zero attached hydrogens (tertiary/aromatic N) is 1. The van der Waals surface area contributed by atoms with Gasteiger partial charge < -0.3 is 26.2 Å². The molecule has 1 aromatic rings. The Bertz CT molecular complexity index is 423. The van der Waals surface area contributed by atoms with Crippen LogP contribution in [0.25, 0.3) is 0 Å². The molecular weight excluding hydrogens is 280 g/mol. The molecule has 7 nitrogen and oxygen atoms in total. The Morgan fingerprint density at radius 3 is 2.90 bits per heavy atom. The van der Waals surface area contributed by atoms with E-state index in [9.17, 15) is 4.79 Å². The highest BCUT2D eigenvalue weighted by Crippen LogP contribution is 2.26. The molecule has 20 heavy (non-hydrogen) atoms. The third kappa shape index (κ3) is 5.32. The average Bonchev–Trinajstić information content (AvgIpc) is 2.74. The van der Waals surface area contributed by atoms with E-state index in [-0.39, 0.29) is 24.4 Å². The number of amides is 1. The topological polar surface area (TPSA) is 110 Å². The first-order valence-corrected chi connectivity index (χ1v) is 7.32. The van der Waals surface area contributed by atoms with Crippen LogP contribution in [0.3, 0.4) is 0 Å². The van der Waals surface area contributed by atoms with Gasteiger partial charge >= 0.3 is 0 Å². The fourth-order valence-corrected chi connectivity index (χ4v) is 2.26. The minimum atomic E-state index is -0.217. The third-order valence-corrected chi connectivity index (χ3v) is 3.17. The summed E-state index contributed by atoms with van der Waals surface area (Å²) in [6.07, 6.45) is 0.767. The monoisotopic (exact) mass is 302 g/mol. The maximum Gasteiger partial charge on any atom is 0.258 e. The van der Waals surface area contributed by atoms with Crippen LogP contribution in [0.4, 0.5) is 10.8 Å². The number of aliphatic hydroxyl groups is 1. The fourth-order valence-electron chi connectivity index (χ4n) is 1.52. The van der Waals surface area contributed by atoms with Crippen molar-refractivity contribution in [1.29, 1.82) is 0 Å². The molecular formula is C12H22N4O3S. The second-order valence-corrected chi connectivity index (χ2v) is 5.29. The number of carbonyl (C=O) groups excluding carboxylic acids is 1. The molecule has 0 aliphatic carbocycles. The summed E-state index contributed by atoms with van der Waals surface area (Å²) in [5.74, 6) is 0.0254. The lowest BCUT2D eigenvalue weighted by Crippen LogP contribution is -2.30.